The van der Waals surface area contributed by atoms with Gasteiger partial charge in [0.05, 0.1) is 6.61 Å². The van der Waals surface area contributed by atoms with Crippen LogP contribution in [0.3, 0.4) is 0 Å². The first-order valence-corrected chi connectivity index (χ1v) is 14.1. The number of halogens is 2. The molecule has 41 heavy (non-hydrogen) atoms. The Morgan fingerprint density at radius 3 is 2.71 bits per heavy atom. The van der Waals surface area contributed by atoms with E-state index < -0.39 is 5.82 Å². The Morgan fingerprint density at radius 1 is 1.20 bits per heavy atom. The monoisotopic (exact) mass is 580 g/mol. The van der Waals surface area contributed by atoms with E-state index in [0.29, 0.717) is 41.7 Å². The molecule has 0 spiro atoms. The van der Waals surface area contributed by atoms with Crippen LogP contribution in [0.4, 0.5) is 15.9 Å². The lowest BCUT2D eigenvalue weighted by Gasteiger charge is -2.42. The van der Waals surface area contributed by atoms with Gasteiger partial charge in [-0.1, -0.05) is 42.4 Å². The summed E-state index contributed by atoms with van der Waals surface area (Å²) in [6.45, 7) is 14.6. The van der Waals surface area contributed by atoms with E-state index in [0.717, 1.165) is 42.4 Å². The smallest absolute Gasteiger partial charge is 0.215 e. The second kappa shape index (κ2) is 13.9. The summed E-state index contributed by atoms with van der Waals surface area (Å²) in [4.78, 5) is 23.6. The molecular weight excluding hydrogens is 543 g/mol. The first kappa shape index (κ1) is 30.5. The molecule has 1 saturated heterocycles. The number of nitrogens with zero attached hydrogens (tertiary/aromatic N) is 4. The molecule has 0 N–H and O–H groups in total. The maximum Gasteiger partial charge on any atom is 0.215 e. The number of anilines is 2. The van der Waals surface area contributed by atoms with Crippen LogP contribution < -0.4 is 14.5 Å². The van der Waals surface area contributed by atoms with Gasteiger partial charge in [-0.25, -0.2) is 4.39 Å². The Balaban J connectivity index is 1.40. The summed E-state index contributed by atoms with van der Waals surface area (Å²) in [6, 6.07) is 16.2. The van der Waals surface area contributed by atoms with Crippen molar-refractivity contribution in [1.82, 2.24) is 9.88 Å². The fourth-order valence-corrected chi connectivity index (χ4v) is 5.20. The maximum absolute atomic E-state index is 14.2. The molecule has 0 saturated carbocycles. The third kappa shape index (κ3) is 7.85. The summed E-state index contributed by atoms with van der Waals surface area (Å²) in [5.41, 5.74) is 4.12. The third-order valence-electron chi connectivity index (χ3n) is 7.32. The highest BCUT2D eigenvalue weighted by Crippen LogP contribution is 2.27. The minimum atomic E-state index is -0.400. The topological polar surface area (TPSA) is 58.1 Å². The van der Waals surface area contributed by atoms with Crippen molar-refractivity contribution in [3.8, 4) is 5.88 Å². The molecule has 1 aliphatic heterocycles. The number of piperazine rings is 1. The van der Waals surface area contributed by atoms with Crippen LogP contribution in [0.2, 0.25) is 5.02 Å². The van der Waals surface area contributed by atoms with E-state index in [1.165, 1.54) is 6.07 Å². The fraction of sp³-hybridized carbons (Fsp3) is 0.375. The van der Waals surface area contributed by atoms with Crippen LogP contribution in [0.1, 0.15) is 35.3 Å². The van der Waals surface area contributed by atoms with Gasteiger partial charge in [-0.2, -0.15) is 4.98 Å². The zero-order valence-corrected chi connectivity index (χ0v) is 25.0. The van der Waals surface area contributed by atoms with Gasteiger partial charge in [0.2, 0.25) is 5.88 Å². The highest BCUT2D eigenvalue weighted by Gasteiger charge is 2.26. The number of carbonyl (C=O) groups excluding carboxylic acids is 1. The zero-order valence-electron chi connectivity index (χ0n) is 24.2. The number of methoxy groups -OCH3 is 1. The summed E-state index contributed by atoms with van der Waals surface area (Å²) in [6.07, 6.45) is 0. The van der Waals surface area contributed by atoms with Gasteiger partial charge in [0.1, 0.15) is 18.2 Å². The van der Waals surface area contributed by atoms with Crippen molar-refractivity contribution in [3.05, 3.63) is 94.4 Å². The molecule has 4 rings (SSSR count). The van der Waals surface area contributed by atoms with Gasteiger partial charge in [-0.05, 0) is 50.6 Å². The van der Waals surface area contributed by atoms with E-state index in [1.54, 1.807) is 32.2 Å². The van der Waals surface area contributed by atoms with E-state index in [4.69, 9.17) is 26.1 Å². The van der Waals surface area contributed by atoms with Gasteiger partial charge >= 0.3 is 0 Å². The Labute approximate surface area is 247 Å². The summed E-state index contributed by atoms with van der Waals surface area (Å²) in [7, 11) is 1.69. The van der Waals surface area contributed by atoms with Crippen LogP contribution in [0, 0.1) is 12.7 Å². The van der Waals surface area contributed by atoms with Crippen molar-refractivity contribution in [2.45, 2.75) is 33.4 Å². The van der Waals surface area contributed by atoms with Crippen molar-refractivity contribution in [3.63, 3.8) is 0 Å². The van der Waals surface area contributed by atoms with Crippen molar-refractivity contribution in [2.24, 2.45) is 0 Å². The molecule has 218 valence electrons. The van der Waals surface area contributed by atoms with Gasteiger partial charge in [-0.3, -0.25) is 9.69 Å². The number of ketones is 1. The Kier molecular flexibility index (Phi) is 10.4. The SMILES string of the molecule is C=C(CN1CCN(c2cccc(OCc3ccc(Cl)cc3F)n2)[C@H](C)C1)N(CCOC)c1cc(C(C)=O)ccc1C. The quantitative estimate of drug-likeness (QED) is 0.238. The number of pyridine rings is 1. The molecule has 0 bridgehead atoms. The van der Waals surface area contributed by atoms with E-state index in [2.05, 4.69) is 28.2 Å². The predicted molar refractivity (Wildman–Crippen MR) is 163 cm³/mol. The standard InChI is InChI=1S/C32H38ClFN4O3/c1-22-9-10-26(25(4)39)17-30(22)37(15-16-40-5)23(2)19-36-13-14-38(24(3)20-36)31-7-6-8-32(35-31)41-21-27-11-12-28(33)18-29(27)34/h6-12,17-18,24H,2,13-16,19-21H2,1,3-5H3/t24-/m1/s1. The van der Waals surface area contributed by atoms with Crippen molar-refractivity contribution >= 4 is 28.9 Å². The van der Waals surface area contributed by atoms with Gasteiger partial charge in [0.25, 0.3) is 0 Å². The first-order chi connectivity index (χ1) is 19.7. The molecule has 1 aromatic heterocycles. The normalized spacial score (nSPS) is 15.6. The van der Waals surface area contributed by atoms with E-state index >= 15 is 0 Å². The van der Waals surface area contributed by atoms with Crippen LogP contribution >= 0.6 is 11.6 Å². The van der Waals surface area contributed by atoms with Crippen molar-refractivity contribution in [2.75, 3.05) is 56.2 Å². The van der Waals surface area contributed by atoms with E-state index in [1.807, 2.05) is 37.3 Å². The van der Waals surface area contributed by atoms with Crippen molar-refractivity contribution in [1.29, 1.82) is 0 Å². The lowest BCUT2D eigenvalue weighted by Crippen LogP contribution is -2.53. The Hall–Kier alpha value is -3.46. The minimum Gasteiger partial charge on any atom is -0.473 e. The van der Waals surface area contributed by atoms with Crippen molar-refractivity contribution < 1.29 is 18.7 Å². The number of benzene rings is 2. The lowest BCUT2D eigenvalue weighted by molar-refractivity contribution is 0.101. The van der Waals surface area contributed by atoms with Crippen LogP contribution in [0.15, 0.2) is 66.9 Å². The van der Waals surface area contributed by atoms with Gasteiger partial charge in [0, 0.05) is 79.5 Å². The Bertz CT molecular complexity index is 1380. The second-order valence-electron chi connectivity index (χ2n) is 10.4. The zero-order chi connectivity index (χ0) is 29.5. The number of aryl methyl sites for hydroxylation is 1. The number of rotatable bonds is 12. The number of ether oxygens (including phenoxy) is 2. The first-order valence-electron chi connectivity index (χ1n) is 13.7. The molecule has 2 heterocycles. The van der Waals surface area contributed by atoms with Crippen LogP contribution in [0.25, 0.3) is 0 Å². The molecule has 1 aliphatic rings. The number of hydrogen-bond acceptors (Lipinski definition) is 7. The van der Waals surface area contributed by atoms with E-state index in [-0.39, 0.29) is 18.4 Å². The summed E-state index contributed by atoms with van der Waals surface area (Å²) < 4.78 is 25.3. The second-order valence-corrected chi connectivity index (χ2v) is 10.8. The molecule has 1 fully saturated rings. The largest absolute Gasteiger partial charge is 0.473 e. The fourth-order valence-electron chi connectivity index (χ4n) is 5.05. The van der Waals surface area contributed by atoms with Gasteiger partial charge in [0.15, 0.2) is 5.78 Å². The van der Waals surface area contributed by atoms with Gasteiger partial charge in [-0.15, -0.1) is 0 Å². The molecule has 2 aromatic carbocycles. The number of carbonyl (C=O) groups is 1. The average Bonchev–Trinajstić information content (AvgIpc) is 2.93. The third-order valence-corrected chi connectivity index (χ3v) is 7.55. The number of aromatic nitrogens is 1. The number of Topliss-reactive ketones (excluding diaryl/α,β-unsaturated/α-hetero) is 1. The molecule has 0 unspecified atom stereocenters. The summed E-state index contributed by atoms with van der Waals surface area (Å²) >= 11 is 5.85. The summed E-state index contributed by atoms with van der Waals surface area (Å²) in [5, 5.41) is 0.350. The lowest BCUT2D eigenvalue weighted by atomic mass is 10.1. The van der Waals surface area contributed by atoms with Crippen LogP contribution in [-0.2, 0) is 11.3 Å². The molecule has 0 radical (unpaired) electrons. The molecule has 0 aliphatic carbocycles. The molecule has 1 atom stereocenters. The summed E-state index contributed by atoms with van der Waals surface area (Å²) in [5.74, 6) is 0.900. The Morgan fingerprint density at radius 2 is 2.00 bits per heavy atom. The van der Waals surface area contributed by atoms with Crippen LogP contribution in [0.5, 0.6) is 5.88 Å². The molecule has 7 nitrogen and oxygen atoms in total. The van der Waals surface area contributed by atoms with E-state index in [9.17, 15) is 9.18 Å². The number of hydrogen-bond donors (Lipinski definition) is 0. The maximum atomic E-state index is 14.2. The average molecular weight is 581 g/mol. The molecule has 3 aromatic rings. The molecule has 9 heteroatoms. The van der Waals surface area contributed by atoms with Crippen LogP contribution in [-0.4, -0.2) is 68.1 Å². The highest BCUT2D eigenvalue weighted by atomic mass is 35.5. The predicted octanol–water partition coefficient (Wildman–Crippen LogP) is 6.14. The molecular formula is C32H38ClFN4O3. The minimum absolute atomic E-state index is 0.0359. The molecule has 0 amide bonds. The highest BCUT2D eigenvalue weighted by molar-refractivity contribution is 6.30. The van der Waals surface area contributed by atoms with Gasteiger partial charge < -0.3 is 19.3 Å².